The summed E-state index contributed by atoms with van der Waals surface area (Å²) in [6.07, 6.45) is 0. The van der Waals surface area contributed by atoms with Crippen LogP contribution in [0.2, 0.25) is 0 Å². The monoisotopic (exact) mass is 215 g/mol. The Morgan fingerprint density at radius 2 is 1.88 bits per heavy atom. The molecule has 0 aliphatic rings. The lowest BCUT2D eigenvalue weighted by molar-refractivity contribution is -0.117. The van der Waals surface area contributed by atoms with Gasteiger partial charge in [0.05, 0.1) is 0 Å². The van der Waals surface area contributed by atoms with Crippen LogP contribution in [-0.2, 0) is 4.79 Å². The molecule has 0 saturated heterocycles. The summed E-state index contributed by atoms with van der Waals surface area (Å²) in [6.45, 7) is 3.38. The van der Waals surface area contributed by atoms with Gasteiger partial charge in [-0.25, -0.2) is 0 Å². The van der Waals surface area contributed by atoms with Gasteiger partial charge in [0.2, 0.25) is 0 Å². The van der Waals surface area contributed by atoms with Crippen molar-refractivity contribution < 1.29 is 9.90 Å². The van der Waals surface area contributed by atoms with Gasteiger partial charge in [-0.2, -0.15) is 5.26 Å². The molecule has 1 aromatic carbocycles. The fourth-order valence-corrected chi connectivity index (χ4v) is 1.25. The van der Waals surface area contributed by atoms with Crippen molar-refractivity contribution in [3.63, 3.8) is 0 Å². The predicted molar refractivity (Wildman–Crippen MR) is 61.4 cm³/mol. The molecule has 1 N–H and O–H groups in total. The van der Waals surface area contributed by atoms with Gasteiger partial charge in [-0.15, -0.1) is 0 Å². The summed E-state index contributed by atoms with van der Waals surface area (Å²) >= 11 is 0. The lowest BCUT2D eigenvalue weighted by Gasteiger charge is -2.05. The molecule has 0 saturated carbocycles. The predicted octanol–water partition coefficient (Wildman–Crippen LogP) is 2.70. The van der Waals surface area contributed by atoms with Crippen LogP contribution in [0.3, 0.4) is 0 Å². The number of hydrogen-bond acceptors (Lipinski definition) is 3. The standard InChI is InChI=1S/C13H13NO2/c1-9(2)12(15)11(8-14)13(16)10-6-4-3-5-7-10/h3-7,9,16H,1-2H3/b13-11-. The Morgan fingerprint density at radius 1 is 1.31 bits per heavy atom. The highest BCUT2D eigenvalue weighted by Gasteiger charge is 2.18. The zero-order valence-corrected chi connectivity index (χ0v) is 9.27. The molecule has 0 fully saturated rings. The molecule has 3 nitrogen and oxygen atoms in total. The quantitative estimate of drug-likeness (QED) is 0.479. The molecule has 0 spiro atoms. The van der Waals surface area contributed by atoms with Crippen LogP contribution in [0.4, 0.5) is 0 Å². The Labute approximate surface area is 94.6 Å². The Balaban J connectivity index is 3.22. The second-order valence-corrected chi connectivity index (χ2v) is 3.72. The molecule has 0 heterocycles. The SMILES string of the molecule is CC(C)C(=O)/C(C#N)=C(\O)c1ccccc1. The molecule has 1 rings (SSSR count). The molecule has 1 aromatic rings. The van der Waals surface area contributed by atoms with Gasteiger partial charge in [-0.3, -0.25) is 4.79 Å². The van der Waals surface area contributed by atoms with Crippen LogP contribution in [0.25, 0.3) is 5.76 Å². The highest BCUT2D eigenvalue weighted by molar-refractivity contribution is 6.05. The third-order valence-corrected chi connectivity index (χ3v) is 2.17. The van der Waals surface area contributed by atoms with Crippen molar-refractivity contribution in [2.75, 3.05) is 0 Å². The molecule has 3 heteroatoms. The maximum Gasteiger partial charge on any atom is 0.179 e. The average molecular weight is 215 g/mol. The van der Waals surface area contributed by atoms with Gasteiger partial charge in [-0.1, -0.05) is 44.2 Å². The highest BCUT2D eigenvalue weighted by atomic mass is 16.3. The number of aliphatic hydroxyl groups excluding tert-OH is 1. The van der Waals surface area contributed by atoms with E-state index in [9.17, 15) is 9.90 Å². The number of ketones is 1. The zero-order chi connectivity index (χ0) is 12.1. The van der Waals surface area contributed by atoms with Crippen LogP contribution in [0.15, 0.2) is 35.9 Å². The minimum Gasteiger partial charge on any atom is -0.506 e. The second kappa shape index (κ2) is 5.13. The zero-order valence-electron chi connectivity index (χ0n) is 9.27. The van der Waals surface area contributed by atoms with E-state index in [2.05, 4.69) is 0 Å². The van der Waals surface area contributed by atoms with E-state index in [1.165, 1.54) is 0 Å². The summed E-state index contributed by atoms with van der Waals surface area (Å²) in [6, 6.07) is 10.3. The number of nitriles is 1. The van der Waals surface area contributed by atoms with Gasteiger partial charge < -0.3 is 5.11 Å². The summed E-state index contributed by atoms with van der Waals surface area (Å²) in [7, 11) is 0. The maximum absolute atomic E-state index is 11.6. The fraction of sp³-hybridized carbons (Fsp3) is 0.231. The largest absolute Gasteiger partial charge is 0.506 e. The van der Waals surface area contributed by atoms with E-state index in [0.717, 1.165) is 0 Å². The summed E-state index contributed by atoms with van der Waals surface area (Å²) in [4.78, 5) is 11.6. The summed E-state index contributed by atoms with van der Waals surface area (Å²) in [5, 5.41) is 18.7. The number of Topliss-reactive ketones (excluding diaryl/α,β-unsaturated/α-hetero) is 1. The van der Waals surface area contributed by atoms with Crippen LogP contribution in [-0.4, -0.2) is 10.9 Å². The number of carbonyl (C=O) groups excluding carboxylic acids is 1. The van der Waals surface area contributed by atoms with E-state index in [4.69, 9.17) is 5.26 Å². The fourth-order valence-electron chi connectivity index (χ4n) is 1.25. The van der Waals surface area contributed by atoms with Gasteiger partial charge >= 0.3 is 0 Å². The molecule has 0 atom stereocenters. The van der Waals surface area contributed by atoms with Crippen molar-refractivity contribution in [1.82, 2.24) is 0 Å². The first-order chi connectivity index (χ1) is 7.57. The Bertz CT molecular complexity index is 453. The van der Waals surface area contributed by atoms with E-state index in [0.29, 0.717) is 5.56 Å². The molecular weight excluding hydrogens is 202 g/mol. The van der Waals surface area contributed by atoms with Crippen LogP contribution < -0.4 is 0 Å². The molecule has 0 aliphatic carbocycles. The number of benzene rings is 1. The second-order valence-electron chi connectivity index (χ2n) is 3.72. The van der Waals surface area contributed by atoms with Crippen LogP contribution in [0.1, 0.15) is 19.4 Å². The molecule has 0 radical (unpaired) electrons. The van der Waals surface area contributed by atoms with E-state index in [1.54, 1.807) is 50.2 Å². The van der Waals surface area contributed by atoms with Crippen molar-refractivity contribution in [1.29, 1.82) is 5.26 Å². The van der Waals surface area contributed by atoms with Crippen molar-refractivity contribution in [2.24, 2.45) is 5.92 Å². The van der Waals surface area contributed by atoms with Gasteiger partial charge in [-0.05, 0) is 0 Å². The minimum atomic E-state index is -0.344. The first-order valence-corrected chi connectivity index (χ1v) is 5.01. The van der Waals surface area contributed by atoms with E-state index < -0.39 is 0 Å². The van der Waals surface area contributed by atoms with E-state index in [1.807, 2.05) is 0 Å². The molecule has 0 amide bonds. The van der Waals surface area contributed by atoms with Crippen molar-refractivity contribution in [3.05, 3.63) is 41.5 Å². The van der Waals surface area contributed by atoms with Gasteiger partial charge in [0.1, 0.15) is 17.4 Å². The summed E-state index contributed by atoms with van der Waals surface area (Å²) < 4.78 is 0. The number of hydrogen-bond donors (Lipinski definition) is 1. The molecular formula is C13H13NO2. The van der Waals surface area contributed by atoms with Gasteiger partial charge in [0.25, 0.3) is 0 Å². The van der Waals surface area contributed by atoms with Crippen LogP contribution >= 0.6 is 0 Å². The molecule has 0 aromatic heterocycles. The van der Waals surface area contributed by atoms with Gasteiger partial charge in [0.15, 0.2) is 5.78 Å². The summed E-state index contributed by atoms with van der Waals surface area (Å²) in [5.41, 5.74) is 0.300. The van der Waals surface area contributed by atoms with Crippen molar-refractivity contribution >= 4 is 11.5 Å². The number of nitrogens with zero attached hydrogens (tertiary/aromatic N) is 1. The average Bonchev–Trinajstić information content (AvgIpc) is 2.30. The van der Waals surface area contributed by atoms with E-state index >= 15 is 0 Å². The normalized spacial score (nSPS) is 11.9. The Hall–Kier alpha value is -2.08. The lowest BCUT2D eigenvalue weighted by Crippen LogP contribution is -2.11. The Kier molecular flexibility index (Phi) is 3.84. The number of allylic oxidation sites excluding steroid dienone is 1. The van der Waals surface area contributed by atoms with Gasteiger partial charge in [0, 0.05) is 11.5 Å². The first kappa shape index (κ1) is 12.0. The topological polar surface area (TPSA) is 61.1 Å². The molecule has 0 aliphatic heterocycles. The lowest BCUT2D eigenvalue weighted by atomic mass is 9.98. The van der Waals surface area contributed by atoms with Crippen LogP contribution in [0.5, 0.6) is 0 Å². The maximum atomic E-state index is 11.6. The molecule has 0 unspecified atom stereocenters. The highest BCUT2D eigenvalue weighted by Crippen LogP contribution is 2.18. The number of aliphatic hydroxyl groups is 1. The summed E-state index contributed by atoms with van der Waals surface area (Å²) in [5.74, 6) is -0.897. The number of carbonyl (C=O) groups is 1. The van der Waals surface area contributed by atoms with Crippen molar-refractivity contribution in [3.8, 4) is 6.07 Å². The first-order valence-electron chi connectivity index (χ1n) is 5.01. The molecule has 0 bridgehead atoms. The number of rotatable bonds is 3. The Morgan fingerprint density at radius 3 is 2.31 bits per heavy atom. The smallest absolute Gasteiger partial charge is 0.179 e. The van der Waals surface area contributed by atoms with Crippen LogP contribution in [0, 0.1) is 17.2 Å². The van der Waals surface area contributed by atoms with E-state index in [-0.39, 0.29) is 23.0 Å². The minimum absolute atomic E-state index is 0.179. The van der Waals surface area contributed by atoms with Crippen molar-refractivity contribution in [2.45, 2.75) is 13.8 Å². The third kappa shape index (κ3) is 2.48. The molecule has 16 heavy (non-hydrogen) atoms. The third-order valence-electron chi connectivity index (χ3n) is 2.17. The molecule has 82 valence electrons.